The Morgan fingerprint density at radius 1 is 1.53 bits per heavy atom. The van der Waals surface area contributed by atoms with Crippen molar-refractivity contribution in [3.05, 3.63) is 42.4 Å². The van der Waals surface area contributed by atoms with Gasteiger partial charge in [0.15, 0.2) is 0 Å². The maximum atomic E-state index is 5.35. The van der Waals surface area contributed by atoms with E-state index in [9.17, 15) is 0 Å². The normalized spacial score (nSPS) is 12.8. The second-order valence-electron chi connectivity index (χ2n) is 4.15. The molecule has 4 heteroatoms. The summed E-state index contributed by atoms with van der Waals surface area (Å²) in [5.74, 6) is 2.03. The first-order valence-electron chi connectivity index (χ1n) is 6.08. The molecule has 2 aromatic heterocycles. The van der Waals surface area contributed by atoms with E-state index in [2.05, 4.69) is 28.7 Å². The van der Waals surface area contributed by atoms with Crippen LogP contribution in [0.2, 0.25) is 0 Å². The summed E-state index contributed by atoms with van der Waals surface area (Å²) in [6, 6.07) is 4.10. The van der Waals surface area contributed by atoms with Gasteiger partial charge >= 0.3 is 0 Å². The van der Waals surface area contributed by atoms with Gasteiger partial charge in [0, 0.05) is 18.9 Å². The number of rotatable bonds is 6. The number of aryl methyl sites for hydroxylation is 1. The Kier molecular flexibility index (Phi) is 3.98. The molecule has 92 valence electrons. The second kappa shape index (κ2) is 5.68. The average molecular weight is 233 g/mol. The largest absolute Gasteiger partial charge is 0.468 e. The van der Waals surface area contributed by atoms with Gasteiger partial charge in [-0.15, -0.1) is 0 Å². The summed E-state index contributed by atoms with van der Waals surface area (Å²) in [4.78, 5) is 4.36. The Hall–Kier alpha value is -1.55. The van der Waals surface area contributed by atoms with Crippen LogP contribution >= 0.6 is 0 Å². The Labute approximate surface area is 102 Å². The summed E-state index contributed by atoms with van der Waals surface area (Å²) in [6.07, 6.45) is 6.70. The predicted octanol–water partition coefficient (Wildman–Crippen LogP) is 2.74. The molecule has 2 aromatic rings. The van der Waals surface area contributed by atoms with Gasteiger partial charge in [-0.05, 0) is 25.5 Å². The van der Waals surface area contributed by atoms with Crippen molar-refractivity contribution in [3.8, 4) is 0 Å². The summed E-state index contributed by atoms with van der Waals surface area (Å²) in [5, 5.41) is 3.41. The van der Waals surface area contributed by atoms with E-state index in [0.29, 0.717) is 0 Å². The number of aromatic nitrogens is 2. The van der Waals surface area contributed by atoms with Gasteiger partial charge in [0.05, 0.1) is 18.8 Å². The van der Waals surface area contributed by atoms with E-state index in [1.807, 2.05) is 24.5 Å². The number of furan rings is 1. The predicted molar refractivity (Wildman–Crippen MR) is 66.5 cm³/mol. The van der Waals surface area contributed by atoms with E-state index in [-0.39, 0.29) is 6.04 Å². The lowest BCUT2D eigenvalue weighted by molar-refractivity contribution is 0.423. The molecule has 17 heavy (non-hydrogen) atoms. The average Bonchev–Trinajstić information content (AvgIpc) is 2.97. The molecule has 0 saturated heterocycles. The zero-order valence-corrected chi connectivity index (χ0v) is 10.4. The van der Waals surface area contributed by atoms with Crippen molar-refractivity contribution in [2.75, 3.05) is 0 Å². The molecule has 0 fully saturated rings. The molecule has 4 nitrogen and oxygen atoms in total. The van der Waals surface area contributed by atoms with Gasteiger partial charge in [0.1, 0.15) is 11.6 Å². The van der Waals surface area contributed by atoms with E-state index in [1.165, 1.54) is 0 Å². The Morgan fingerprint density at radius 3 is 3.12 bits per heavy atom. The van der Waals surface area contributed by atoms with Gasteiger partial charge in [0.25, 0.3) is 0 Å². The van der Waals surface area contributed by atoms with Crippen molar-refractivity contribution in [1.29, 1.82) is 0 Å². The lowest BCUT2D eigenvalue weighted by Crippen LogP contribution is -2.20. The Bertz CT molecular complexity index is 433. The fourth-order valence-corrected chi connectivity index (χ4v) is 1.83. The van der Waals surface area contributed by atoms with Gasteiger partial charge < -0.3 is 14.3 Å². The zero-order chi connectivity index (χ0) is 12.1. The molecule has 0 aliphatic carbocycles. The van der Waals surface area contributed by atoms with E-state index >= 15 is 0 Å². The highest BCUT2D eigenvalue weighted by Gasteiger charge is 2.09. The molecule has 2 heterocycles. The van der Waals surface area contributed by atoms with E-state index < -0.39 is 0 Å². The number of hydrogen-bond donors (Lipinski definition) is 1. The zero-order valence-electron chi connectivity index (χ0n) is 10.4. The fraction of sp³-hybridized carbons (Fsp3) is 0.462. The topological polar surface area (TPSA) is 43.0 Å². The smallest absolute Gasteiger partial charge is 0.122 e. The van der Waals surface area contributed by atoms with E-state index in [4.69, 9.17) is 4.42 Å². The van der Waals surface area contributed by atoms with Crippen LogP contribution in [0.4, 0.5) is 0 Å². The van der Waals surface area contributed by atoms with Crippen LogP contribution in [0, 0.1) is 0 Å². The number of nitrogens with zero attached hydrogens (tertiary/aromatic N) is 2. The van der Waals surface area contributed by atoms with Gasteiger partial charge in [-0.25, -0.2) is 4.98 Å². The SMILES string of the molecule is CCCn1ccnc1CN[C@H](C)c1ccco1. The summed E-state index contributed by atoms with van der Waals surface area (Å²) in [5.41, 5.74) is 0. The number of hydrogen-bond acceptors (Lipinski definition) is 3. The minimum atomic E-state index is 0.205. The lowest BCUT2D eigenvalue weighted by Gasteiger charge is -2.12. The molecule has 0 radical (unpaired) electrons. The minimum absolute atomic E-state index is 0.205. The molecular formula is C13H19N3O. The fourth-order valence-electron chi connectivity index (χ4n) is 1.83. The third kappa shape index (κ3) is 2.97. The van der Waals surface area contributed by atoms with Crippen LogP contribution < -0.4 is 5.32 Å². The minimum Gasteiger partial charge on any atom is -0.468 e. The monoisotopic (exact) mass is 233 g/mol. The third-order valence-electron chi connectivity index (χ3n) is 2.80. The molecule has 1 N–H and O–H groups in total. The summed E-state index contributed by atoms with van der Waals surface area (Å²) >= 11 is 0. The first-order chi connectivity index (χ1) is 8.31. The van der Waals surface area contributed by atoms with Crippen molar-refractivity contribution in [2.45, 2.75) is 39.4 Å². The summed E-state index contributed by atoms with van der Waals surface area (Å²) in [6.45, 7) is 6.04. The molecule has 0 spiro atoms. The quantitative estimate of drug-likeness (QED) is 0.834. The molecule has 0 unspecified atom stereocenters. The van der Waals surface area contributed by atoms with Crippen molar-refractivity contribution >= 4 is 0 Å². The van der Waals surface area contributed by atoms with Crippen molar-refractivity contribution in [1.82, 2.24) is 14.9 Å². The van der Waals surface area contributed by atoms with Crippen molar-refractivity contribution < 1.29 is 4.42 Å². The molecule has 0 aromatic carbocycles. The van der Waals surface area contributed by atoms with Crippen LogP contribution in [0.3, 0.4) is 0 Å². The molecule has 2 rings (SSSR count). The maximum Gasteiger partial charge on any atom is 0.122 e. The van der Waals surface area contributed by atoms with Gasteiger partial charge in [-0.2, -0.15) is 0 Å². The van der Waals surface area contributed by atoms with Crippen LogP contribution in [0.5, 0.6) is 0 Å². The Balaban J connectivity index is 1.91. The van der Waals surface area contributed by atoms with Crippen LogP contribution in [0.15, 0.2) is 35.2 Å². The standard InChI is InChI=1S/C13H19N3O/c1-3-7-16-8-6-14-13(16)10-15-11(2)12-5-4-9-17-12/h4-6,8-9,11,15H,3,7,10H2,1-2H3/t11-/m1/s1. The van der Waals surface area contributed by atoms with Crippen LogP contribution in [-0.4, -0.2) is 9.55 Å². The van der Waals surface area contributed by atoms with Crippen LogP contribution in [0.25, 0.3) is 0 Å². The van der Waals surface area contributed by atoms with Gasteiger partial charge in [0.2, 0.25) is 0 Å². The maximum absolute atomic E-state index is 5.35. The third-order valence-corrected chi connectivity index (χ3v) is 2.80. The highest BCUT2D eigenvalue weighted by molar-refractivity contribution is 5.03. The molecule has 0 saturated carbocycles. The molecule has 0 amide bonds. The lowest BCUT2D eigenvalue weighted by atomic mass is 10.2. The molecule has 0 aliphatic heterocycles. The first-order valence-corrected chi connectivity index (χ1v) is 6.08. The summed E-state index contributed by atoms with van der Waals surface area (Å²) in [7, 11) is 0. The van der Waals surface area contributed by atoms with Crippen molar-refractivity contribution in [3.63, 3.8) is 0 Å². The molecule has 1 atom stereocenters. The highest BCUT2D eigenvalue weighted by Crippen LogP contribution is 2.12. The molecule has 0 aliphatic rings. The van der Waals surface area contributed by atoms with Gasteiger partial charge in [-0.1, -0.05) is 6.92 Å². The Morgan fingerprint density at radius 2 is 2.41 bits per heavy atom. The van der Waals surface area contributed by atoms with E-state index in [1.54, 1.807) is 6.26 Å². The van der Waals surface area contributed by atoms with Gasteiger partial charge in [-0.3, -0.25) is 0 Å². The molecule has 0 bridgehead atoms. The molecular weight excluding hydrogens is 214 g/mol. The van der Waals surface area contributed by atoms with Crippen molar-refractivity contribution in [2.24, 2.45) is 0 Å². The second-order valence-corrected chi connectivity index (χ2v) is 4.15. The first kappa shape index (κ1) is 11.9. The number of nitrogens with one attached hydrogen (secondary N) is 1. The van der Waals surface area contributed by atoms with Crippen LogP contribution in [0.1, 0.15) is 37.9 Å². The summed E-state index contributed by atoms with van der Waals surface area (Å²) < 4.78 is 7.54. The van der Waals surface area contributed by atoms with E-state index in [0.717, 1.165) is 31.1 Å². The van der Waals surface area contributed by atoms with Crippen LogP contribution in [-0.2, 0) is 13.1 Å². The highest BCUT2D eigenvalue weighted by atomic mass is 16.3. The number of imidazole rings is 1.